The van der Waals surface area contributed by atoms with E-state index in [0.717, 1.165) is 37.5 Å². The quantitative estimate of drug-likeness (QED) is 0.856. The van der Waals surface area contributed by atoms with E-state index < -0.39 is 0 Å². The molecule has 96 valence electrons. The Morgan fingerprint density at radius 2 is 2.18 bits per heavy atom. The van der Waals surface area contributed by atoms with E-state index in [1.165, 1.54) is 12.8 Å². The first-order valence-electron chi connectivity index (χ1n) is 6.59. The molecule has 0 saturated heterocycles. The average molecular weight is 238 g/mol. The van der Waals surface area contributed by atoms with Gasteiger partial charge in [0.05, 0.1) is 5.69 Å². The fourth-order valence-electron chi connectivity index (χ4n) is 2.17. The Balaban J connectivity index is 1.80. The highest BCUT2D eigenvalue weighted by Gasteiger charge is 2.21. The molecule has 1 aromatic heterocycles. The molecule has 17 heavy (non-hydrogen) atoms. The zero-order valence-electron chi connectivity index (χ0n) is 10.7. The van der Waals surface area contributed by atoms with Crippen LogP contribution in [0.1, 0.15) is 45.2 Å². The normalized spacial score (nSPS) is 24.8. The van der Waals surface area contributed by atoms with Gasteiger partial charge in [-0.15, -0.1) is 0 Å². The fraction of sp³-hybridized carbons (Fsp3) is 0.769. The van der Waals surface area contributed by atoms with Crippen LogP contribution in [0.15, 0.2) is 10.7 Å². The van der Waals surface area contributed by atoms with Crippen molar-refractivity contribution in [2.45, 2.75) is 52.2 Å². The molecular weight excluding hydrogens is 216 g/mol. The standard InChI is InChI=1S/C13H22N2O2/c1-3-14-8-11-9-16-13(15-11)17-12-6-4-10(2)5-7-12/h9-10,12,14H,3-8H2,1-2H3. The molecule has 1 heterocycles. The van der Waals surface area contributed by atoms with E-state index in [1.54, 1.807) is 6.26 Å². The van der Waals surface area contributed by atoms with Gasteiger partial charge in [-0.1, -0.05) is 13.8 Å². The number of hydrogen-bond donors (Lipinski definition) is 1. The highest BCUT2D eigenvalue weighted by atomic mass is 16.6. The van der Waals surface area contributed by atoms with E-state index in [0.29, 0.717) is 6.08 Å². The molecule has 2 rings (SSSR count). The third-order valence-corrected chi connectivity index (χ3v) is 3.32. The molecule has 1 N–H and O–H groups in total. The lowest BCUT2D eigenvalue weighted by atomic mass is 9.89. The van der Waals surface area contributed by atoms with E-state index in [1.807, 2.05) is 0 Å². The number of nitrogens with one attached hydrogen (secondary N) is 1. The Morgan fingerprint density at radius 1 is 1.41 bits per heavy atom. The monoisotopic (exact) mass is 238 g/mol. The number of nitrogens with zero attached hydrogens (tertiary/aromatic N) is 1. The molecule has 4 heteroatoms. The first kappa shape index (κ1) is 12.4. The van der Waals surface area contributed by atoms with Crippen molar-refractivity contribution in [2.75, 3.05) is 6.54 Å². The summed E-state index contributed by atoms with van der Waals surface area (Å²) in [7, 11) is 0. The predicted octanol–water partition coefficient (Wildman–Crippen LogP) is 2.74. The van der Waals surface area contributed by atoms with E-state index in [9.17, 15) is 0 Å². The van der Waals surface area contributed by atoms with Gasteiger partial charge in [0.15, 0.2) is 0 Å². The first-order chi connectivity index (χ1) is 8.28. The van der Waals surface area contributed by atoms with Crippen LogP contribution < -0.4 is 10.1 Å². The molecule has 0 aromatic carbocycles. The molecule has 0 bridgehead atoms. The summed E-state index contributed by atoms with van der Waals surface area (Å²) >= 11 is 0. The van der Waals surface area contributed by atoms with Crippen molar-refractivity contribution < 1.29 is 9.15 Å². The lowest BCUT2D eigenvalue weighted by molar-refractivity contribution is 0.0990. The summed E-state index contributed by atoms with van der Waals surface area (Å²) in [5.74, 6) is 0.837. The van der Waals surface area contributed by atoms with E-state index in [4.69, 9.17) is 9.15 Å². The smallest absolute Gasteiger partial charge is 0.394 e. The maximum atomic E-state index is 5.76. The van der Waals surface area contributed by atoms with Gasteiger partial charge in [-0.25, -0.2) is 0 Å². The van der Waals surface area contributed by atoms with Crippen molar-refractivity contribution in [3.8, 4) is 6.08 Å². The Labute approximate surface area is 103 Å². The number of oxazole rings is 1. The zero-order chi connectivity index (χ0) is 12.1. The van der Waals surface area contributed by atoms with Crippen molar-refractivity contribution in [1.82, 2.24) is 10.3 Å². The molecule has 0 amide bonds. The lowest BCUT2D eigenvalue weighted by Crippen LogP contribution is -2.23. The topological polar surface area (TPSA) is 47.3 Å². The van der Waals surface area contributed by atoms with Gasteiger partial charge in [0.25, 0.3) is 0 Å². The minimum absolute atomic E-state index is 0.289. The van der Waals surface area contributed by atoms with Gasteiger partial charge in [0, 0.05) is 6.54 Å². The average Bonchev–Trinajstić information content (AvgIpc) is 2.77. The number of aromatic nitrogens is 1. The van der Waals surface area contributed by atoms with Crippen LogP contribution in [0.2, 0.25) is 0 Å². The van der Waals surface area contributed by atoms with Crippen LogP contribution in [0.5, 0.6) is 6.08 Å². The van der Waals surface area contributed by atoms with E-state index in [2.05, 4.69) is 24.1 Å². The maximum absolute atomic E-state index is 5.76. The van der Waals surface area contributed by atoms with Gasteiger partial charge in [-0.05, 0) is 38.1 Å². The zero-order valence-corrected chi connectivity index (χ0v) is 10.7. The lowest BCUT2D eigenvalue weighted by Gasteiger charge is -2.25. The molecule has 1 saturated carbocycles. The summed E-state index contributed by atoms with van der Waals surface area (Å²) in [5, 5.41) is 3.21. The summed E-state index contributed by atoms with van der Waals surface area (Å²) in [6.07, 6.45) is 7.11. The maximum Gasteiger partial charge on any atom is 0.394 e. The highest BCUT2D eigenvalue weighted by Crippen LogP contribution is 2.26. The molecule has 4 nitrogen and oxygen atoms in total. The Hall–Kier alpha value is -1.03. The van der Waals surface area contributed by atoms with Crippen molar-refractivity contribution >= 4 is 0 Å². The summed E-state index contributed by atoms with van der Waals surface area (Å²) in [6.45, 7) is 6.05. The minimum Gasteiger partial charge on any atom is -0.447 e. The molecular formula is C13H22N2O2. The molecule has 1 fully saturated rings. The Morgan fingerprint density at radius 3 is 2.88 bits per heavy atom. The fourth-order valence-corrected chi connectivity index (χ4v) is 2.17. The summed E-state index contributed by atoms with van der Waals surface area (Å²) in [6, 6.07) is 0. The van der Waals surface area contributed by atoms with Crippen molar-refractivity contribution in [2.24, 2.45) is 5.92 Å². The van der Waals surface area contributed by atoms with E-state index in [-0.39, 0.29) is 6.10 Å². The largest absolute Gasteiger partial charge is 0.447 e. The first-order valence-corrected chi connectivity index (χ1v) is 6.59. The molecule has 0 aliphatic heterocycles. The summed E-state index contributed by atoms with van der Waals surface area (Å²) in [4.78, 5) is 4.31. The predicted molar refractivity (Wildman–Crippen MR) is 65.9 cm³/mol. The highest BCUT2D eigenvalue weighted by molar-refractivity contribution is 5.00. The number of hydrogen-bond acceptors (Lipinski definition) is 4. The molecule has 1 aromatic rings. The van der Waals surface area contributed by atoms with Crippen LogP contribution in [0.3, 0.4) is 0 Å². The molecule has 1 aliphatic carbocycles. The number of rotatable bonds is 5. The van der Waals surface area contributed by atoms with E-state index >= 15 is 0 Å². The SMILES string of the molecule is CCNCc1coc(OC2CCC(C)CC2)n1. The molecule has 0 unspecified atom stereocenters. The third kappa shape index (κ3) is 3.73. The van der Waals surface area contributed by atoms with Crippen LogP contribution in [0.25, 0.3) is 0 Å². The number of ether oxygens (including phenoxy) is 1. The van der Waals surface area contributed by atoms with Crippen LogP contribution in [-0.4, -0.2) is 17.6 Å². The van der Waals surface area contributed by atoms with Gasteiger partial charge < -0.3 is 14.5 Å². The molecule has 0 radical (unpaired) electrons. The third-order valence-electron chi connectivity index (χ3n) is 3.32. The second-order valence-electron chi connectivity index (χ2n) is 4.88. The minimum atomic E-state index is 0.289. The molecule has 0 spiro atoms. The molecule has 0 atom stereocenters. The van der Waals surface area contributed by atoms with Crippen molar-refractivity contribution in [1.29, 1.82) is 0 Å². The van der Waals surface area contributed by atoms with Crippen LogP contribution in [0, 0.1) is 5.92 Å². The van der Waals surface area contributed by atoms with Gasteiger partial charge in [0.1, 0.15) is 12.4 Å². The summed E-state index contributed by atoms with van der Waals surface area (Å²) < 4.78 is 11.1. The second kappa shape index (κ2) is 6.05. The van der Waals surface area contributed by atoms with Crippen molar-refractivity contribution in [3.63, 3.8) is 0 Å². The Bertz CT molecular complexity index is 330. The Kier molecular flexibility index (Phi) is 4.42. The van der Waals surface area contributed by atoms with Crippen LogP contribution in [-0.2, 0) is 6.54 Å². The van der Waals surface area contributed by atoms with Gasteiger partial charge in [-0.3, -0.25) is 0 Å². The van der Waals surface area contributed by atoms with Crippen LogP contribution in [0.4, 0.5) is 0 Å². The van der Waals surface area contributed by atoms with Gasteiger partial charge >= 0.3 is 6.08 Å². The van der Waals surface area contributed by atoms with Crippen LogP contribution >= 0.6 is 0 Å². The van der Waals surface area contributed by atoms with Gasteiger partial charge in [0.2, 0.25) is 0 Å². The second-order valence-corrected chi connectivity index (χ2v) is 4.88. The summed E-state index contributed by atoms with van der Waals surface area (Å²) in [5.41, 5.74) is 0.908. The van der Waals surface area contributed by atoms with Gasteiger partial charge in [-0.2, -0.15) is 4.98 Å². The van der Waals surface area contributed by atoms with Crippen molar-refractivity contribution in [3.05, 3.63) is 12.0 Å². The molecule has 1 aliphatic rings.